The van der Waals surface area contributed by atoms with Crippen molar-refractivity contribution in [3.63, 3.8) is 0 Å². The Kier molecular flexibility index (Phi) is 8.91. The molecule has 0 aromatic heterocycles. The van der Waals surface area contributed by atoms with Gasteiger partial charge < -0.3 is 14.6 Å². The Morgan fingerprint density at radius 3 is 1.88 bits per heavy atom. The van der Waals surface area contributed by atoms with Crippen LogP contribution in [0.2, 0.25) is 0 Å². The third-order valence-electron chi connectivity index (χ3n) is 5.24. The van der Waals surface area contributed by atoms with Crippen LogP contribution in [0.1, 0.15) is 43.9 Å². The van der Waals surface area contributed by atoms with Crippen molar-refractivity contribution in [3.8, 4) is 11.5 Å². The van der Waals surface area contributed by atoms with Crippen LogP contribution in [-0.4, -0.2) is 30.2 Å². The summed E-state index contributed by atoms with van der Waals surface area (Å²) in [4.78, 5) is 12.3. The van der Waals surface area contributed by atoms with Crippen LogP contribution in [0, 0.1) is 5.41 Å². The number of esters is 1. The van der Waals surface area contributed by atoms with Crippen LogP contribution in [0.5, 0.6) is 11.5 Å². The summed E-state index contributed by atoms with van der Waals surface area (Å²) < 4.78 is 11.1. The van der Waals surface area contributed by atoms with E-state index in [0.29, 0.717) is 23.8 Å². The van der Waals surface area contributed by atoms with Gasteiger partial charge in [0.25, 0.3) is 0 Å². The van der Waals surface area contributed by atoms with Crippen molar-refractivity contribution in [2.75, 3.05) is 19.1 Å². The zero-order valence-electron chi connectivity index (χ0n) is 19.9. The summed E-state index contributed by atoms with van der Waals surface area (Å²) in [7, 11) is 0. The lowest BCUT2D eigenvalue weighted by Crippen LogP contribution is -2.25. The Bertz CT molecular complexity index is 1100. The molecular formula is C29H31ClO4. The van der Waals surface area contributed by atoms with Gasteiger partial charge in [-0.1, -0.05) is 54.6 Å². The van der Waals surface area contributed by atoms with E-state index in [2.05, 4.69) is 12.1 Å². The molecule has 0 bridgehead atoms. The van der Waals surface area contributed by atoms with Crippen LogP contribution in [0.4, 0.5) is 0 Å². The maximum Gasteiger partial charge on any atom is 0.316 e. The van der Waals surface area contributed by atoms with Gasteiger partial charge in [-0.05, 0) is 79.3 Å². The number of allylic oxidation sites excluding steroid dienone is 1. The fourth-order valence-electron chi connectivity index (χ4n) is 3.49. The van der Waals surface area contributed by atoms with Gasteiger partial charge in [0.2, 0.25) is 0 Å². The number of hydrogen-bond donors (Lipinski definition) is 1. The van der Waals surface area contributed by atoms with Gasteiger partial charge in [-0.2, -0.15) is 0 Å². The monoisotopic (exact) mass is 478 g/mol. The third-order valence-corrected chi connectivity index (χ3v) is 5.43. The molecule has 5 heteroatoms. The first kappa shape index (κ1) is 25.5. The molecule has 0 radical (unpaired) electrons. The second-order valence-corrected chi connectivity index (χ2v) is 9.30. The SMILES string of the molecule is CC(C)(C)C(=O)Oc1ccc(C(=C(CCCl)c2ccccc2)c2ccc(OCCO)cc2)cc1. The van der Waals surface area contributed by atoms with E-state index in [1.165, 1.54) is 0 Å². The van der Waals surface area contributed by atoms with E-state index < -0.39 is 5.41 Å². The van der Waals surface area contributed by atoms with E-state index in [0.717, 1.165) is 27.8 Å². The van der Waals surface area contributed by atoms with Gasteiger partial charge in [0.1, 0.15) is 18.1 Å². The Labute approximate surface area is 206 Å². The number of aliphatic hydroxyl groups is 1. The largest absolute Gasteiger partial charge is 0.491 e. The number of rotatable bonds is 9. The summed E-state index contributed by atoms with van der Waals surface area (Å²) >= 11 is 6.24. The molecule has 0 aliphatic heterocycles. The predicted octanol–water partition coefficient (Wildman–Crippen LogP) is 6.60. The highest BCUT2D eigenvalue weighted by Crippen LogP contribution is 2.36. The van der Waals surface area contributed by atoms with Gasteiger partial charge in [-0.25, -0.2) is 0 Å². The first-order chi connectivity index (χ1) is 16.3. The van der Waals surface area contributed by atoms with Crippen molar-refractivity contribution in [3.05, 3.63) is 95.6 Å². The number of carbonyl (C=O) groups excluding carboxylic acids is 1. The van der Waals surface area contributed by atoms with E-state index in [1.54, 1.807) is 0 Å². The lowest BCUT2D eigenvalue weighted by atomic mass is 9.88. The molecule has 1 N–H and O–H groups in total. The second kappa shape index (κ2) is 11.9. The average Bonchev–Trinajstić information content (AvgIpc) is 2.84. The van der Waals surface area contributed by atoms with Crippen LogP contribution in [0.25, 0.3) is 11.1 Å². The highest BCUT2D eigenvalue weighted by atomic mass is 35.5. The van der Waals surface area contributed by atoms with Gasteiger partial charge >= 0.3 is 5.97 Å². The number of alkyl halides is 1. The van der Waals surface area contributed by atoms with Crippen LogP contribution in [-0.2, 0) is 4.79 Å². The van der Waals surface area contributed by atoms with Gasteiger partial charge in [0.15, 0.2) is 0 Å². The first-order valence-corrected chi connectivity index (χ1v) is 11.9. The summed E-state index contributed by atoms with van der Waals surface area (Å²) in [6.45, 7) is 5.70. The molecule has 4 nitrogen and oxygen atoms in total. The summed E-state index contributed by atoms with van der Waals surface area (Å²) in [5.74, 6) is 1.41. The molecule has 0 fully saturated rings. The van der Waals surface area contributed by atoms with Gasteiger partial charge in [0, 0.05) is 5.88 Å². The summed E-state index contributed by atoms with van der Waals surface area (Å²) in [5.41, 5.74) is 4.70. The van der Waals surface area contributed by atoms with E-state index in [4.69, 9.17) is 26.2 Å². The smallest absolute Gasteiger partial charge is 0.316 e. The standard InChI is InChI=1S/C29H31ClO4/c1-29(2,3)28(32)34-25-15-11-23(12-16-25)27(22-9-13-24(14-10-22)33-20-19-31)26(17-18-30)21-7-5-4-6-8-21/h4-16,31H,17-20H2,1-3H3. The quantitative estimate of drug-likeness (QED) is 0.163. The van der Waals surface area contributed by atoms with Crippen molar-refractivity contribution in [2.45, 2.75) is 27.2 Å². The molecule has 34 heavy (non-hydrogen) atoms. The summed E-state index contributed by atoms with van der Waals surface area (Å²) in [5, 5.41) is 9.02. The molecule has 0 amide bonds. The molecular weight excluding hydrogens is 448 g/mol. The van der Waals surface area contributed by atoms with Gasteiger partial charge in [0.05, 0.1) is 12.0 Å². The number of benzene rings is 3. The maximum absolute atomic E-state index is 12.3. The molecule has 0 heterocycles. The normalized spacial score (nSPS) is 12.1. The lowest BCUT2D eigenvalue weighted by molar-refractivity contribution is -0.142. The first-order valence-electron chi connectivity index (χ1n) is 11.3. The van der Waals surface area contributed by atoms with Crippen LogP contribution < -0.4 is 9.47 Å². The van der Waals surface area contributed by atoms with Crippen LogP contribution in [0.3, 0.4) is 0 Å². The minimum Gasteiger partial charge on any atom is -0.491 e. The fraction of sp³-hybridized carbons (Fsp3) is 0.276. The van der Waals surface area contributed by atoms with Crippen LogP contribution >= 0.6 is 11.6 Å². The van der Waals surface area contributed by atoms with Gasteiger partial charge in [-0.15, -0.1) is 11.6 Å². The second-order valence-electron chi connectivity index (χ2n) is 8.92. The number of aliphatic hydroxyl groups excluding tert-OH is 1. The Morgan fingerprint density at radius 2 is 1.38 bits per heavy atom. The number of carbonyl (C=O) groups is 1. The van der Waals surface area contributed by atoms with Crippen molar-refractivity contribution in [1.82, 2.24) is 0 Å². The van der Waals surface area contributed by atoms with Gasteiger partial charge in [-0.3, -0.25) is 4.79 Å². The third kappa shape index (κ3) is 6.72. The van der Waals surface area contributed by atoms with E-state index in [1.807, 2.05) is 87.5 Å². The van der Waals surface area contributed by atoms with E-state index >= 15 is 0 Å². The van der Waals surface area contributed by atoms with Crippen molar-refractivity contribution in [2.24, 2.45) is 5.41 Å². The maximum atomic E-state index is 12.3. The lowest BCUT2D eigenvalue weighted by Gasteiger charge is -2.19. The zero-order valence-corrected chi connectivity index (χ0v) is 20.6. The molecule has 0 unspecified atom stereocenters. The van der Waals surface area contributed by atoms with E-state index in [-0.39, 0.29) is 19.2 Å². The molecule has 0 aliphatic rings. The zero-order chi connectivity index (χ0) is 24.6. The molecule has 0 aliphatic carbocycles. The average molecular weight is 479 g/mol. The Balaban J connectivity index is 2.07. The van der Waals surface area contributed by atoms with Crippen molar-refractivity contribution in [1.29, 1.82) is 0 Å². The molecule has 0 saturated carbocycles. The molecule has 3 aromatic rings. The van der Waals surface area contributed by atoms with Crippen molar-refractivity contribution >= 4 is 28.7 Å². The molecule has 3 aromatic carbocycles. The molecule has 0 atom stereocenters. The molecule has 3 rings (SSSR count). The Hall–Kier alpha value is -3.08. The van der Waals surface area contributed by atoms with Crippen molar-refractivity contribution < 1.29 is 19.4 Å². The van der Waals surface area contributed by atoms with E-state index in [9.17, 15) is 4.79 Å². The molecule has 0 spiro atoms. The number of ether oxygens (including phenoxy) is 2. The fourth-order valence-corrected chi connectivity index (χ4v) is 3.68. The summed E-state index contributed by atoms with van der Waals surface area (Å²) in [6, 6.07) is 25.6. The Morgan fingerprint density at radius 1 is 0.824 bits per heavy atom. The number of halogens is 1. The topological polar surface area (TPSA) is 55.8 Å². The highest BCUT2D eigenvalue weighted by Gasteiger charge is 2.24. The number of hydrogen-bond acceptors (Lipinski definition) is 4. The van der Waals surface area contributed by atoms with Crippen LogP contribution in [0.15, 0.2) is 78.9 Å². The molecule has 0 saturated heterocycles. The highest BCUT2D eigenvalue weighted by molar-refractivity contribution is 6.18. The minimum absolute atomic E-state index is 0.0348. The minimum atomic E-state index is -0.579. The molecule has 178 valence electrons. The predicted molar refractivity (Wildman–Crippen MR) is 138 cm³/mol. The summed E-state index contributed by atoms with van der Waals surface area (Å²) in [6.07, 6.45) is 0.685.